The fourth-order valence-corrected chi connectivity index (χ4v) is 2.59. The van der Waals surface area contributed by atoms with Gasteiger partial charge in [-0.05, 0) is 18.9 Å². The molecule has 0 heterocycles. The van der Waals surface area contributed by atoms with Crippen molar-refractivity contribution < 1.29 is 13.0 Å². The standard InChI is InChI=1S/C10H17NO3S/c1-2-3-6-10(15(12,13)14)7-4-9(11)5-8-10/h4-5,7H,2-3,6,8,11H2,1H3,(H,12,13,14). The monoisotopic (exact) mass is 231 g/mol. The summed E-state index contributed by atoms with van der Waals surface area (Å²) in [5.74, 6) is 0. The molecule has 86 valence electrons. The van der Waals surface area contributed by atoms with E-state index in [1.807, 2.05) is 6.92 Å². The molecule has 0 aromatic heterocycles. The molecule has 0 spiro atoms. The van der Waals surface area contributed by atoms with Gasteiger partial charge in [-0.2, -0.15) is 8.42 Å². The van der Waals surface area contributed by atoms with Gasteiger partial charge in [0, 0.05) is 5.70 Å². The Kier molecular flexibility index (Phi) is 3.57. The van der Waals surface area contributed by atoms with Crippen LogP contribution in [0.1, 0.15) is 32.6 Å². The van der Waals surface area contributed by atoms with Crippen molar-refractivity contribution in [3.05, 3.63) is 23.9 Å². The van der Waals surface area contributed by atoms with Gasteiger partial charge in [0.1, 0.15) is 4.75 Å². The molecule has 0 saturated carbocycles. The van der Waals surface area contributed by atoms with Crippen molar-refractivity contribution in [3.63, 3.8) is 0 Å². The minimum atomic E-state index is -4.07. The van der Waals surface area contributed by atoms with Crippen LogP contribution in [0, 0.1) is 0 Å². The predicted octanol–water partition coefficient (Wildman–Crippen LogP) is 1.61. The highest BCUT2D eigenvalue weighted by Gasteiger charge is 2.40. The number of rotatable bonds is 4. The number of nitrogens with two attached hydrogens (primary N) is 1. The van der Waals surface area contributed by atoms with Crippen molar-refractivity contribution in [2.24, 2.45) is 5.73 Å². The Bertz CT molecular complexity index is 383. The molecule has 1 aliphatic carbocycles. The Balaban J connectivity index is 2.96. The third-order valence-electron chi connectivity index (χ3n) is 2.73. The zero-order valence-corrected chi connectivity index (χ0v) is 9.63. The van der Waals surface area contributed by atoms with Crippen LogP contribution in [0.15, 0.2) is 23.9 Å². The second-order valence-corrected chi connectivity index (χ2v) is 5.65. The minimum absolute atomic E-state index is 0.258. The van der Waals surface area contributed by atoms with Crippen molar-refractivity contribution in [2.75, 3.05) is 0 Å². The molecule has 5 heteroatoms. The summed E-state index contributed by atoms with van der Waals surface area (Å²) in [5, 5.41) is 0. The second kappa shape index (κ2) is 4.37. The fraction of sp³-hybridized carbons (Fsp3) is 0.600. The Morgan fingerprint density at radius 3 is 2.67 bits per heavy atom. The van der Waals surface area contributed by atoms with Crippen LogP contribution < -0.4 is 5.73 Å². The summed E-state index contributed by atoms with van der Waals surface area (Å²) in [6, 6.07) is 0. The number of unbranched alkanes of at least 4 members (excludes halogenated alkanes) is 1. The van der Waals surface area contributed by atoms with Gasteiger partial charge in [-0.15, -0.1) is 0 Å². The summed E-state index contributed by atoms with van der Waals surface area (Å²) in [7, 11) is -4.07. The molecular weight excluding hydrogens is 214 g/mol. The van der Waals surface area contributed by atoms with Gasteiger partial charge >= 0.3 is 0 Å². The summed E-state index contributed by atoms with van der Waals surface area (Å²) < 4.78 is 30.8. The Morgan fingerprint density at radius 2 is 2.27 bits per heavy atom. The van der Waals surface area contributed by atoms with Gasteiger partial charge in [-0.3, -0.25) is 4.55 Å². The topological polar surface area (TPSA) is 80.4 Å². The molecule has 0 aromatic carbocycles. The Hall–Kier alpha value is -0.810. The third kappa shape index (κ3) is 2.60. The molecule has 1 unspecified atom stereocenters. The van der Waals surface area contributed by atoms with E-state index in [9.17, 15) is 13.0 Å². The molecule has 1 rings (SSSR count). The van der Waals surface area contributed by atoms with Gasteiger partial charge in [0.15, 0.2) is 0 Å². The normalized spacial score (nSPS) is 26.4. The van der Waals surface area contributed by atoms with Crippen molar-refractivity contribution >= 4 is 10.1 Å². The van der Waals surface area contributed by atoms with E-state index in [4.69, 9.17) is 5.73 Å². The summed E-state index contributed by atoms with van der Waals surface area (Å²) in [6.45, 7) is 1.98. The third-order valence-corrected chi connectivity index (χ3v) is 4.26. The highest BCUT2D eigenvalue weighted by Crippen LogP contribution is 2.32. The maximum Gasteiger partial charge on any atom is 0.274 e. The minimum Gasteiger partial charge on any atom is -0.399 e. The van der Waals surface area contributed by atoms with Crippen LogP contribution >= 0.6 is 0 Å². The zero-order valence-electron chi connectivity index (χ0n) is 8.81. The van der Waals surface area contributed by atoms with Gasteiger partial charge in [0.05, 0.1) is 0 Å². The molecule has 15 heavy (non-hydrogen) atoms. The van der Waals surface area contributed by atoms with E-state index in [1.54, 1.807) is 12.2 Å². The molecule has 0 aromatic rings. The van der Waals surface area contributed by atoms with Crippen molar-refractivity contribution in [1.29, 1.82) is 0 Å². The molecule has 0 saturated heterocycles. The van der Waals surface area contributed by atoms with E-state index >= 15 is 0 Å². The van der Waals surface area contributed by atoms with Gasteiger partial charge in [-0.1, -0.05) is 31.9 Å². The zero-order chi connectivity index (χ0) is 11.5. The first-order chi connectivity index (χ1) is 6.91. The van der Waals surface area contributed by atoms with E-state index in [0.717, 1.165) is 12.8 Å². The predicted molar refractivity (Wildman–Crippen MR) is 59.8 cm³/mol. The molecular formula is C10H17NO3S. The molecule has 0 aliphatic heterocycles. The first-order valence-corrected chi connectivity index (χ1v) is 6.47. The van der Waals surface area contributed by atoms with E-state index in [1.165, 1.54) is 6.08 Å². The molecule has 0 fully saturated rings. The summed E-state index contributed by atoms with van der Waals surface area (Å²) in [6.07, 6.45) is 7.04. The highest BCUT2D eigenvalue weighted by molar-refractivity contribution is 7.87. The molecule has 0 bridgehead atoms. The lowest BCUT2D eigenvalue weighted by molar-refractivity contribution is 0.430. The van der Waals surface area contributed by atoms with Gasteiger partial charge in [-0.25, -0.2) is 0 Å². The lowest BCUT2D eigenvalue weighted by Gasteiger charge is -2.28. The van der Waals surface area contributed by atoms with Gasteiger partial charge in [0.2, 0.25) is 0 Å². The molecule has 3 N–H and O–H groups in total. The van der Waals surface area contributed by atoms with Crippen LogP contribution in [-0.4, -0.2) is 17.7 Å². The largest absolute Gasteiger partial charge is 0.399 e. The van der Waals surface area contributed by atoms with Gasteiger partial charge in [0.25, 0.3) is 10.1 Å². The molecule has 0 radical (unpaired) electrons. The molecule has 1 atom stereocenters. The van der Waals surface area contributed by atoms with Crippen LogP contribution in [0.5, 0.6) is 0 Å². The maximum absolute atomic E-state index is 11.4. The van der Waals surface area contributed by atoms with Crippen LogP contribution in [-0.2, 0) is 10.1 Å². The van der Waals surface area contributed by atoms with Crippen LogP contribution in [0.2, 0.25) is 0 Å². The maximum atomic E-state index is 11.4. The van der Waals surface area contributed by atoms with Crippen LogP contribution in [0.25, 0.3) is 0 Å². The average molecular weight is 231 g/mol. The number of allylic oxidation sites excluding steroid dienone is 2. The number of hydrogen-bond donors (Lipinski definition) is 2. The average Bonchev–Trinajstić information content (AvgIpc) is 2.16. The fourth-order valence-electron chi connectivity index (χ4n) is 1.66. The van der Waals surface area contributed by atoms with Crippen LogP contribution in [0.4, 0.5) is 0 Å². The Morgan fingerprint density at radius 1 is 1.60 bits per heavy atom. The first-order valence-electron chi connectivity index (χ1n) is 5.03. The van der Waals surface area contributed by atoms with Crippen molar-refractivity contribution in [1.82, 2.24) is 0 Å². The van der Waals surface area contributed by atoms with E-state index in [0.29, 0.717) is 12.1 Å². The molecule has 4 nitrogen and oxygen atoms in total. The second-order valence-electron chi connectivity index (χ2n) is 3.88. The van der Waals surface area contributed by atoms with Crippen molar-refractivity contribution in [2.45, 2.75) is 37.4 Å². The molecule has 1 aliphatic rings. The molecule has 0 amide bonds. The smallest absolute Gasteiger partial charge is 0.274 e. The summed E-state index contributed by atoms with van der Waals surface area (Å²) in [4.78, 5) is 0. The van der Waals surface area contributed by atoms with E-state index in [-0.39, 0.29) is 6.42 Å². The first kappa shape index (κ1) is 12.3. The summed E-state index contributed by atoms with van der Waals surface area (Å²) in [5.41, 5.74) is 6.07. The SMILES string of the molecule is CCCCC1(S(=O)(=O)O)C=CC(N)=CC1. The summed E-state index contributed by atoms with van der Waals surface area (Å²) >= 11 is 0. The quantitative estimate of drug-likeness (QED) is 0.720. The lowest BCUT2D eigenvalue weighted by atomic mass is 9.93. The lowest BCUT2D eigenvalue weighted by Crippen LogP contribution is -2.37. The van der Waals surface area contributed by atoms with E-state index < -0.39 is 14.9 Å². The van der Waals surface area contributed by atoms with Crippen molar-refractivity contribution in [3.8, 4) is 0 Å². The highest BCUT2D eigenvalue weighted by atomic mass is 32.2. The Labute approximate surface area is 90.6 Å². The van der Waals surface area contributed by atoms with E-state index in [2.05, 4.69) is 0 Å². The number of hydrogen-bond acceptors (Lipinski definition) is 3. The van der Waals surface area contributed by atoms with Crippen LogP contribution in [0.3, 0.4) is 0 Å². The van der Waals surface area contributed by atoms with Gasteiger partial charge < -0.3 is 5.73 Å².